The third kappa shape index (κ3) is 3.74. The van der Waals surface area contributed by atoms with E-state index in [1.54, 1.807) is 13.4 Å². The molecule has 0 atom stereocenters. The van der Waals surface area contributed by atoms with Gasteiger partial charge in [-0.3, -0.25) is 5.10 Å². The molecule has 4 rings (SSSR count). The highest BCUT2D eigenvalue weighted by atomic mass is 16.5. The Hall–Kier alpha value is -3.39. The zero-order valence-electron chi connectivity index (χ0n) is 18.7. The van der Waals surface area contributed by atoms with Gasteiger partial charge in [-0.2, -0.15) is 5.10 Å². The van der Waals surface area contributed by atoms with E-state index in [0.29, 0.717) is 13.1 Å². The highest BCUT2D eigenvalue weighted by Crippen LogP contribution is 2.38. The van der Waals surface area contributed by atoms with E-state index >= 15 is 0 Å². The number of aryl methyl sites for hydroxylation is 2. The van der Waals surface area contributed by atoms with E-state index in [1.807, 2.05) is 25.1 Å². The Morgan fingerprint density at radius 1 is 1.19 bits per heavy atom. The first-order chi connectivity index (χ1) is 14.9. The molecule has 4 N–H and O–H groups in total. The SMILES string of the molecule is COc1ccc(CNc2ncnc3c2c(-c2cc(C)[nH]n2)c(CN)n3C(C)C)c(C)c1. The van der Waals surface area contributed by atoms with Crippen LogP contribution in [0.2, 0.25) is 0 Å². The molecule has 0 aliphatic heterocycles. The molecule has 8 nitrogen and oxygen atoms in total. The number of benzene rings is 1. The maximum atomic E-state index is 6.22. The van der Waals surface area contributed by atoms with Crippen LogP contribution in [0.4, 0.5) is 5.82 Å². The number of nitrogens with two attached hydrogens (primary N) is 1. The van der Waals surface area contributed by atoms with Crippen LogP contribution in [0.25, 0.3) is 22.3 Å². The van der Waals surface area contributed by atoms with Gasteiger partial charge in [-0.05, 0) is 57.0 Å². The lowest BCUT2D eigenvalue weighted by molar-refractivity contribution is 0.414. The maximum absolute atomic E-state index is 6.22. The second-order valence-corrected chi connectivity index (χ2v) is 7.99. The van der Waals surface area contributed by atoms with Crippen molar-refractivity contribution >= 4 is 16.9 Å². The average Bonchev–Trinajstić information content (AvgIpc) is 3.33. The van der Waals surface area contributed by atoms with Crippen LogP contribution < -0.4 is 15.8 Å². The molecule has 3 aromatic heterocycles. The number of fused-ring (bicyclic) bond motifs is 1. The van der Waals surface area contributed by atoms with Crippen LogP contribution in [0.1, 0.15) is 42.4 Å². The Bertz CT molecular complexity index is 1220. The molecule has 0 radical (unpaired) electrons. The summed E-state index contributed by atoms with van der Waals surface area (Å²) in [6, 6.07) is 8.30. The lowest BCUT2D eigenvalue weighted by atomic mass is 10.1. The van der Waals surface area contributed by atoms with Crippen molar-refractivity contribution in [2.75, 3.05) is 12.4 Å². The Labute approximate surface area is 181 Å². The summed E-state index contributed by atoms with van der Waals surface area (Å²) in [5.41, 5.74) is 13.2. The number of nitrogens with one attached hydrogen (secondary N) is 2. The fourth-order valence-electron chi connectivity index (χ4n) is 4.07. The zero-order chi connectivity index (χ0) is 22.1. The van der Waals surface area contributed by atoms with Crippen molar-refractivity contribution in [3.8, 4) is 17.0 Å². The second kappa shape index (κ2) is 8.39. The van der Waals surface area contributed by atoms with Gasteiger partial charge in [0.15, 0.2) is 0 Å². The second-order valence-electron chi connectivity index (χ2n) is 7.99. The van der Waals surface area contributed by atoms with E-state index in [-0.39, 0.29) is 6.04 Å². The smallest absolute Gasteiger partial charge is 0.146 e. The predicted octanol–water partition coefficient (Wildman–Crippen LogP) is 4.10. The highest BCUT2D eigenvalue weighted by Gasteiger charge is 2.24. The van der Waals surface area contributed by atoms with Gasteiger partial charge in [-0.25, -0.2) is 9.97 Å². The molecule has 0 fully saturated rings. The monoisotopic (exact) mass is 419 g/mol. The maximum Gasteiger partial charge on any atom is 0.146 e. The van der Waals surface area contributed by atoms with Gasteiger partial charge in [0, 0.05) is 36.1 Å². The molecule has 0 saturated carbocycles. The van der Waals surface area contributed by atoms with Gasteiger partial charge < -0.3 is 20.4 Å². The minimum atomic E-state index is 0.196. The lowest BCUT2D eigenvalue weighted by Crippen LogP contribution is -2.10. The van der Waals surface area contributed by atoms with Gasteiger partial charge >= 0.3 is 0 Å². The Kier molecular flexibility index (Phi) is 5.65. The van der Waals surface area contributed by atoms with E-state index < -0.39 is 0 Å². The normalized spacial score (nSPS) is 11.5. The van der Waals surface area contributed by atoms with Gasteiger partial charge in [0.2, 0.25) is 0 Å². The first-order valence-electron chi connectivity index (χ1n) is 10.4. The number of aromatic nitrogens is 5. The number of aromatic amines is 1. The molecule has 4 aromatic rings. The first-order valence-corrected chi connectivity index (χ1v) is 10.4. The summed E-state index contributed by atoms with van der Waals surface area (Å²) in [4.78, 5) is 9.21. The molecule has 8 heteroatoms. The molecular formula is C23H29N7O. The van der Waals surface area contributed by atoms with Crippen LogP contribution in [0.5, 0.6) is 5.75 Å². The number of rotatable bonds is 7. The number of hydrogen-bond donors (Lipinski definition) is 3. The highest BCUT2D eigenvalue weighted by molar-refractivity contribution is 6.02. The molecule has 0 unspecified atom stereocenters. The molecule has 31 heavy (non-hydrogen) atoms. The van der Waals surface area contributed by atoms with E-state index in [4.69, 9.17) is 10.5 Å². The zero-order valence-corrected chi connectivity index (χ0v) is 18.7. The van der Waals surface area contributed by atoms with Gasteiger partial charge in [-0.1, -0.05) is 6.07 Å². The van der Waals surface area contributed by atoms with E-state index in [0.717, 1.165) is 50.8 Å². The number of H-pyrrole nitrogens is 1. The van der Waals surface area contributed by atoms with E-state index in [1.165, 1.54) is 5.56 Å². The van der Waals surface area contributed by atoms with Crippen molar-refractivity contribution in [2.45, 2.75) is 46.8 Å². The molecule has 162 valence electrons. The number of hydrogen-bond acceptors (Lipinski definition) is 6. The summed E-state index contributed by atoms with van der Waals surface area (Å²) >= 11 is 0. The van der Waals surface area contributed by atoms with Gasteiger partial charge in [0.05, 0.1) is 18.2 Å². The third-order valence-corrected chi connectivity index (χ3v) is 5.55. The molecule has 0 spiro atoms. The summed E-state index contributed by atoms with van der Waals surface area (Å²) in [5, 5.41) is 12.0. The van der Waals surface area contributed by atoms with Crippen LogP contribution in [0.3, 0.4) is 0 Å². The summed E-state index contributed by atoms with van der Waals surface area (Å²) in [6.07, 6.45) is 1.60. The van der Waals surface area contributed by atoms with E-state index in [2.05, 4.69) is 56.9 Å². The van der Waals surface area contributed by atoms with Crippen LogP contribution in [-0.4, -0.2) is 31.8 Å². The summed E-state index contributed by atoms with van der Waals surface area (Å²) in [7, 11) is 1.68. The topological polar surface area (TPSA) is 107 Å². The Morgan fingerprint density at radius 3 is 2.61 bits per heavy atom. The number of anilines is 1. The lowest BCUT2D eigenvalue weighted by Gasteiger charge is -2.13. The molecule has 1 aromatic carbocycles. The van der Waals surface area contributed by atoms with Crippen molar-refractivity contribution in [3.05, 3.63) is 53.1 Å². The molecule has 0 bridgehead atoms. The largest absolute Gasteiger partial charge is 0.497 e. The summed E-state index contributed by atoms with van der Waals surface area (Å²) in [6.45, 7) is 9.35. The fraction of sp³-hybridized carbons (Fsp3) is 0.348. The fourth-order valence-corrected chi connectivity index (χ4v) is 4.07. The van der Waals surface area contributed by atoms with Crippen LogP contribution >= 0.6 is 0 Å². The number of methoxy groups -OCH3 is 1. The molecule has 0 saturated heterocycles. The Morgan fingerprint density at radius 2 is 2.00 bits per heavy atom. The van der Waals surface area contributed by atoms with Gasteiger partial charge in [0.25, 0.3) is 0 Å². The van der Waals surface area contributed by atoms with Crippen molar-refractivity contribution in [3.63, 3.8) is 0 Å². The molecule has 3 heterocycles. The summed E-state index contributed by atoms with van der Waals surface area (Å²) < 4.78 is 7.50. The molecule has 0 amide bonds. The number of nitrogens with zero attached hydrogens (tertiary/aromatic N) is 4. The molecule has 0 aliphatic rings. The quantitative estimate of drug-likeness (QED) is 0.416. The van der Waals surface area contributed by atoms with Gasteiger partial charge in [0.1, 0.15) is 23.5 Å². The van der Waals surface area contributed by atoms with E-state index in [9.17, 15) is 0 Å². The van der Waals surface area contributed by atoms with Crippen molar-refractivity contribution in [2.24, 2.45) is 5.73 Å². The predicted molar refractivity (Wildman–Crippen MR) is 123 cm³/mol. The molecule has 0 aliphatic carbocycles. The first kappa shape index (κ1) is 20.9. The van der Waals surface area contributed by atoms with Crippen molar-refractivity contribution < 1.29 is 4.74 Å². The minimum Gasteiger partial charge on any atom is -0.497 e. The van der Waals surface area contributed by atoms with Crippen molar-refractivity contribution in [1.82, 2.24) is 24.7 Å². The minimum absolute atomic E-state index is 0.196. The van der Waals surface area contributed by atoms with Crippen molar-refractivity contribution in [1.29, 1.82) is 0 Å². The Balaban J connectivity index is 1.85. The van der Waals surface area contributed by atoms with Gasteiger partial charge in [-0.15, -0.1) is 0 Å². The third-order valence-electron chi connectivity index (χ3n) is 5.55. The number of ether oxygens (including phenoxy) is 1. The van der Waals surface area contributed by atoms with Crippen LogP contribution in [-0.2, 0) is 13.1 Å². The molecular weight excluding hydrogens is 390 g/mol. The standard InChI is InChI=1S/C23H29N7O/c1-13(2)30-19(10-24)20(18-9-15(4)28-29-18)21-22(26-12-27-23(21)30)25-11-16-6-7-17(31-5)8-14(16)3/h6-9,12-13H,10-11,24H2,1-5H3,(H,28,29)(H,25,26,27). The average molecular weight is 420 g/mol. The van der Waals surface area contributed by atoms with Crippen LogP contribution in [0.15, 0.2) is 30.6 Å². The van der Waals surface area contributed by atoms with Crippen LogP contribution in [0, 0.1) is 13.8 Å². The summed E-state index contributed by atoms with van der Waals surface area (Å²) in [5.74, 6) is 1.62.